The smallest absolute Gasteiger partial charge is 0.317 e. The summed E-state index contributed by atoms with van der Waals surface area (Å²) in [7, 11) is 1.80. The summed E-state index contributed by atoms with van der Waals surface area (Å²) in [4.78, 5) is 23.1. The number of rotatable bonds is 6. The molecule has 0 aliphatic rings. The Morgan fingerprint density at radius 1 is 1.26 bits per heavy atom. The van der Waals surface area contributed by atoms with Crippen LogP contribution in [-0.4, -0.2) is 49.9 Å². The van der Waals surface area contributed by atoms with Gasteiger partial charge in [-0.05, 0) is 20.8 Å². The molecule has 0 aliphatic heterocycles. The molecule has 106 valence electrons. The second-order valence-corrected chi connectivity index (χ2v) is 4.58. The number of carbonyl (C=O) groups is 2. The SMILES string of the molecule is Cc1nn(C)c(C)c1C(C)N(CC(=O)O)CC(=O)O. The van der Waals surface area contributed by atoms with Crippen molar-refractivity contribution in [3.63, 3.8) is 0 Å². The highest BCUT2D eigenvalue weighted by Gasteiger charge is 2.25. The molecule has 0 saturated heterocycles. The van der Waals surface area contributed by atoms with Crippen LogP contribution in [0, 0.1) is 13.8 Å². The number of carboxylic acids is 2. The molecule has 7 nitrogen and oxygen atoms in total. The highest BCUT2D eigenvalue weighted by molar-refractivity contribution is 5.72. The molecule has 0 amide bonds. The number of aliphatic carboxylic acids is 2. The quantitative estimate of drug-likeness (QED) is 0.783. The summed E-state index contributed by atoms with van der Waals surface area (Å²) in [5, 5.41) is 22.0. The van der Waals surface area contributed by atoms with E-state index in [1.165, 1.54) is 4.90 Å². The fourth-order valence-electron chi connectivity index (χ4n) is 2.25. The maximum absolute atomic E-state index is 10.8. The summed E-state index contributed by atoms with van der Waals surface area (Å²) >= 11 is 0. The minimum absolute atomic E-state index is 0.318. The van der Waals surface area contributed by atoms with Crippen LogP contribution >= 0.6 is 0 Å². The van der Waals surface area contributed by atoms with Crippen molar-refractivity contribution in [2.75, 3.05) is 13.1 Å². The topological polar surface area (TPSA) is 95.7 Å². The number of carboxylic acid groups (broad SMARTS) is 2. The number of nitrogens with zero attached hydrogens (tertiary/aromatic N) is 3. The third-order valence-corrected chi connectivity index (χ3v) is 3.21. The maximum Gasteiger partial charge on any atom is 0.317 e. The molecular weight excluding hydrogens is 250 g/mol. The normalized spacial score (nSPS) is 12.7. The lowest BCUT2D eigenvalue weighted by Crippen LogP contribution is -2.36. The number of aromatic nitrogens is 2. The van der Waals surface area contributed by atoms with E-state index < -0.39 is 11.9 Å². The van der Waals surface area contributed by atoms with Crippen LogP contribution in [0.15, 0.2) is 0 Å². The zero-order chi connectivity index (χ0) is 14.7. The van der Waals surface area contributed by atoms with Crippen molar-refractivity contribution in [3.8, 4) is 0 Å². The largest absolute Gasteiger partial charge is 0.480 e. The van der Waals surface area contributed by atoms with Gasteiger partial charge in [-0.2, -0.15) is 5.10 Å². The summed E-state index contributed by atoms with van der Waals surface area (Å²) in [5.41, 5.74) is 2.57. The average molecular weight is 269 g/mol. The molecule has 1 heterocycles. The molecule has 1 unspecified atom stereocenters. The minimum atomic E-state index is -1.05. The average Bonchev–Trinajstić information content (AvgIpc) is 2.50. The van der Waals surface area contributed by atoms with E-state index in [4.69, 9.17) is 10.2 Å². The first-order valence-corrected chi connectivity index (χ1v) is 5.91. The molecule has 7 heteroatoms. The molecule has 0 radical (unpaired) electrons. The molecule has 0 fully saturated rings. The Kier molecular flexibility index (Phi) is 4.66. The van der Waals surface area contributed by atoms with Crippen molar-refractivity contribution in [2.45, 2.75) is 26.8 Å². The lowest BCUT2D eigenvalue weighted by atomic mass is 10.0. The Morgan fingerprint density at radius 3 is 2.05 bits per heavy atom. The van der Waals surface area contributed by atoms with Crippen molar-refractivity contribution < 1.29 is 19.8 Å². The summed E-state index contributed by atoms with van der Waals surface area (Å²) in [6, 6.07) is -0.319. The van der Waals surface area contributed by atoms with Crippen LogP contribution in [0.2, 0.25) is 0 Å². The van der Waals surface area contributed by atoms with E-state index in [0.29, 0.717) is 0 Å². The minimum Gasteiger partial charge on any atom is -0.480 e. The molecule has 1 aromatic rings. The third kappa shape index (κ3) is 3.54. The second-order valence-electron chi connectivity index (χ2n) is 4.58. The van der Waals surface area contributed by atoms with Crippen LogP contribution in [0.1, 0.15) is 29.9 Å². The van der Waals surface area contributed by atoms with E-state index in [0.717, 1.165) is 17.0 Å². The van der Waals surface area contributed by atoms with Gasteiger partial charge in [-0.1, -0.05) is 0 Å². The van der Waals surface area contributed by atoms with Crippen LogP contribution in [0.4, 0.5) is 0 Å². The predicted octanol–water partition coefficient (Wildman–Crippen LogP) is 0.569. The summed E-state index contributed by atoms with van der Waals surface area (Å²) in [5.74, 6) is -2.10. The Labute approximate surface area is 111 Å². The van der Waals surface area contributed by atoms with E-state index >= 15 is 0 Å². The van der Waals surface area contributed by atoms with E-state index in [1.807, 2.05) is 13.8 Å². The van der Waals surface area contributed by atoms with Crippen molar-refractivity contribution in [1.29, 1.82) is 0 Å². The van der Waals surface area contributed by atoms with Crippen LogP contribution in [0.3, 0.4) is 0 Å². The van der Waals surface area contributed by atoms with Gasteiger partial charge in [0.2, 0.25) is 0 Å². The Bertz CT molecular complexity index is 479. The molecule has 0 aromatic carbocycles. The fraction of sp³-hybridized carbons (Fsp3) is 0.583. The van der Waals surface area contributed by atoms with Gasteiger partial charge in [-0.25, -0.2) is 0 Å². The van der Waals surface area contributed by atoms with E-state index in [2.05, 4.69) is 5.10 Å². The molecular formula is C12H19N3O4. The Balaban J connectivity index is 3.07. The zero-order valence-corrected chi connectivity index (χ0v) is 11.5. The van der Waals surface area contributed by atoms with Gasteiger partial charge < -0.3 is 10.2 Å². The number of aryl methyl sites for hydroxylation is 2. The van der Waals surface area contributed by atoms with Crippen LogP contribution < -0.4 is 0 Å². The van der Waals surface area contributed by atoms with Crippen molar-refractivity contribution in [1.82, 2.24) is 14.7 Å². The maximum atomic E-state index is 10.8. The molecule has 0 aliphatic carbocycles. The van der Waals surface area contributed by atoms with Gasteiger partial charge >= 0.3 is 11.9 Å². The van der Waals surface area contributed by atoms with E-state index in [9.17, 15) is 9.59 Å². The van der Waals surface area contributed by atoms with Crippen molar-refractivity contribution in [2.24, 2.45) is 7.05 Å². The summed E-state index contributed by atoms with van der Waals surface area (Å²) in [6.07, 6.45) is 0. The second kappa shape index (κ2) is 5.83. The van der Waals surface area contributed by atoms with Crippen LogP contribution in [0.5, 0.6) is 0 Å². The number of hydrogen-bond donors (Lipinski definition) is 2. The molecule has 1 rings (SSSR count). The summed E-state index contributed by atoms with van der Waals surface area (Å²) < 4.78 is 1.71. The van der Waals surface area contributed by atoms with Gasteiger partial charge in [0.15, 0.2) is 0 Å². The third-order valence-electron chi connectivity index (χ3n) is 3.21. The molecule has 2 N–H and O–H groups in total. The van der Waals surface area contributed by atoms with Crippen LogP contribution in [0.25, 0.3) is 0 Å². The predicted molar refractivity (Wildman–Crippen MR) is 67.9 cm³/mol. The van der Waals surface area contributed by atoms with Gasteiger partial charge in [0.05, 0.1) is 18.8 Å². The van der Waals surface area contributed by atoms with Gasteiger partial charge in [0.1, 0.15) is 0 Å². The van der Waals surface area contributed by atoms with Gasteiger partial charge in [-0.3, -0.25) is 19.2 Å². The molecule has 19 heavy (non-hydrogen) atoms. The van der Waals surface area contributed by atoms with E-state index in [-0.39, 0.29) is 19.1 Å². The zero-order valence-electron chi connectivity index (χ0n) is 11.5. The fourth-order valence-corrected chi connectivity index (χ4v) is 2.25. The first-order chi connectivity index (χ1) is 8.73. The Morgan fingerprint density at radius 2 is 1.74 bits per heavy atom. The lowest BCUT2D eigenvalue weighted by Gasteiger charge is -2.26. The molecule has 0 spiro atoms. The van der Waals surface area contributed by atoms with Crippen LogP contribution in [-0.2, 0) is 16.6 Å². The lowest BCUT2D eigenvalue weighted by molar-refractivity contribution is -0.142. The monoisotopic (exact) mass is 269 g/mol. The Hall–Kier alpha value is -1.89. The van der Waals surface area contributed by atoms with Crippen molar-refractivity contribution in [3.05, 3.63) is 17.0 Å². The van der Waals surface area contributed by atoms with Crippen molar-refractivity contribution >= 4 is 11.9 Å². The first-order valence-electron chi connectivity index (χ1n) is 5.91. The molecule has 0 saturated carbocycles. The number of hydrogen-bond acceptors (Lipinski definition) is 4. The van der Waals surface area contributed by atoms with Gasteiger partial charge in [0.25, 0.3) is 0 Å². The standard InChI is InChI=1S/C12H19N3O4/c1-7-12(8(2)14(4)13-7)9(3)15(5-10(16)17)6-11(18)19/h9H,5-6H2,1-4H3,(H,16,17)(H,18,19). The highest BCUT2D eigenvalue weighted by atomic mass is 16.4. The highest BCUT2D eigenvalue weighted by Crippen LogP contribution is 2.25. The molecule has 0 bridgehead atoms. The first kappa shape index (κ1) is 15.2. The van der Waals surface area contributed by atoms with Gasteiger partial charge in [-0.15, -0.1) is 0 Å². The molecule has 1 atom stereocenters. The molecule has 1 aromatic heterocycles. The van der Waals surface area contributed by atoms with E-state index in [1.54, 1.807) is 18.7 Å². The summed E-state index contributed by atoms with van der Waals surface area (Å²) in [6.45, 7) is 4.87. The van der Waals surface area contributed by atoms with Gasteiger partial charge in [0, 0.05) is 24.3 Å².